The van der Waals surface area contributed by atoms with Crippen LogP contribution in [-0.2, 0) is 11.3 Å². The number of fused-ring (bicyclic) bond motifs is 1. The van der Waals surface area contributed by atoms with E-state index < -0.39 is 0 Å². The van der Waals surface area contributed by atoms with Crippen LogP contribution in [0.15, 0.2) is 59.5 Å². The summed E-state index contributed by atoms with van der Waals surface area (Å²) in [6.45, 7) is 6.58. The summed E-state index contributed by atoms with van der Waals surface area (Å²) >= 11 is 0. The minimum absolute atomic E-state index is 0. The fourth-order valence-corrected chi connectivity index (χ4v) is 3.35. The number of rotatable bonds is 8. The summed E-state index contributed by atoms with van der Waals surface area (Å²) in [4.78, 5) is 12.5. The van der Waals surface area contributed by atoms with Crippen LogP contribution in [0, 0.1) is 0 Å². The second kappa shape index (κ2) is 10.4. The molecule has 6 heteroatoms. The average molecular weight is 492 g/mol. The van der Waals surface area contributed by atoms with Crippen molar-refractivity contribution in [3.05, 3.63) is 66.6 Å². The molecule has 3 rings (SSSR count). The first-order chi connectivity index (χ1) is 13.2. The molecule has 0 bridgehead atoms. The monoisotopic (exact) mass is 492 g/mol. The van der Waals surface area contributed by atoms with Crippen LogP contribution in [0.25, 0.3) is 17.2 Å². The van der Waals surface area contributed by atoms with Crippen molar-refractivity contribution in [2.45, 2.75) is 32.2 Å². The Morgan fingerprint density at radius 1 is 1.25 bits per heavy atom. The number of hydrogen-bond donors (Lipinski definition) is 2. The largest absolute Gasteiger partial charge is 1.00 e. The number of aliphatic hydroxyl groups is 1. The SMILES string of the molecule is C=Cc1oc2cccc(C(CO)CC(=O)Nc3ccccc3)c2[n+]1CCC.[I-]. The minimum atomic E-state index is -0.323. The molecule has 0 spiro atoms. The number of carbonyl (C=O) groups is 1. The van der Waals surface area contributed by atoms with Crippen LogP contribution >= 0.6 is 0 Å². The van der Waals surface area contributed by atoms with Gasteiger partial charge >= 0.3 is 5.89 Å². The highest BCUT2D eigenvalue weighted by Crippen LogP contribution is 2.28. The fourth-order valence-electron chi connectivity index (χ4n) is 3.35. The van der Waals surface area contributed by atoms with E-state index in [9.17, 15) is 9.90 Å². The van der Waals surface area contributed by atoms with E-state index >= 15 is 0 Å². The van der Waals surface area contributed by atoms with Gasteiger partial charge in [0.25, 0.3) is 5.52 Å². The molecule has 0 fully saturated rings. The molecule has 0 aliphatic heterocycles. The molecule has 0 radical (unpaired) electrons. The van der Waals surface area contributed by atoms with Crippen molar-refractivity contribution in [1.29, 1.82) is 0 Å². The Balaban J connectivity index is 0.00000280. The maximum Gasteiger partial charge on any atom is 0.373 e. The van der Waals surface area contributed by atoms with Crippen LogP contribution in [-0.4, -0.2) is 17.6 Å². The van der Waals surface area contributed by atoms with E-state index in [-0.39, 0.29) is 48.8 Å². The molecule has 2 aromatic carbocycles. The van der Waals surface area contributed by atoms with Crippen LogP contribution in [0.3, 0.4) is 0 Å². The summed E-state index contributed by atoms with van der Waals surface area (Å²) in [5, 5.41) is 12.9. The zero-order valence-corrected chi connectivity index (χ0v) is 18.1. The molecule has 1 unspecified atom stereocenters. The van der Waals surface area contributed by atoms with Crippen LogP contribution in [0.2, 0.25) is 0 Å². The van der Waals surface area contributed by atoms with Crippen LogP contribution in [0.4, 0.5) is 5.69 Å². The summed E-state index contributed by atoms with van der Waals surface area (Å²) in [5.41, 5.74) is 3.30. The van der Waals surface area contributed by atoms with Gasteiger partial charge in [0.1, 0.15) is 0 Å². The van der Waals surface area contributed by atoms with E-state index in [0.717, 1.165) is 35.3 Å². The molecule has 3 aromatic rings. The molecular weight excluding hydrogens is 467 g/mol. The Morgan fingerprint density at radius 2 is 2.00 bits per heavy atom. The number of hydrogen-bond acceptors (Lipinski definition) is 3. The molecule has 5 nitrogen and oxygen atoms in total. The van der Waals surface area contributed by atoms with E-state index in [0.29, 0.717) is 5.89 Å². The molecule has 1 atom stereocenters. The predicted molar refractivity (Wildman–Crippen MR) is 106 cm³/mol. The van der Waals surface area contributed by atoms with Crippen molar-refractivity contribution in [3.63, 3.8) is 0 Å². The van der Waals surface area contributed by atoms with Gasteiger partial charge in [-0.1, -0.05) is 43.8 Å². The van der Waals surface area contributed by atoms with Gasteiger partial charge in [-0.15, -0.1) is 0 Å². The van der Waals surface area contributed by atoms with E-state index in [4.69, 9.17) is 4.42 Å². The highest BCUT2D eigenvalue weighted by molar-refractivity contribution is 5.91. The number of carbonyl (C=O) groups excluding carboxylic acids is 1. The molecule has 0 saturated heterocycles. The molecule has 0 saturated carbocycles. The number of halogens is 1. The van der Waals surface area contributed by atoms with E-state index in [1.807, 2.05) is 48.5 Å². The summed E-state index contributed by atoms with van der Waals surface area (Å²) < 4.78 is 7.96. The van der Waals surface area contributed by atoms with Gasteiger partial charge in [-0.25, -0.2) is 0 Å². The second-order valence-electron chi connectivity index (χ2n) is 6.49. The smallest absolute Gasteiger partial charge is 0.373 e. The van der Waals surface area contributed by atoms with Gasteiger partial charge in [-0.05, 0) is 18.2 Å². The van der Waals surface area contributed by atoms with Crippen molar-refractivity contribution in [2.75, 3.05) is 11.9 Å². The van der Waals surface area contributed by atoms with Gasteiger partial charge in [0, 0.05) is 36.1 Å². The van der Waals surface area contributed by atoms with Crippen molar-refractivity contribution in [3.8, 4) is 0 Å². The maximum atomic E-state index is 12.5. The predicted octanol–water partition coefficient (Wildman–Crippen LogP) is 0.882. The quantitative estimate of drug-likeness (QED) is 0.363. The number of oxazole rings is 1. The maximum absolute atomic E-state index is 12.5. The van der Waals surface area contributed by atoms with Gasteiger partial charge in [0.05, 0.1) is 6.61 Å². The summed E-state index contributed by atoms with van der Waals surface area (Å²) in [5.74, 6) is 0.229. The first-order valence-corrected chi connectivity index (χ1v) is 9.21. The fraction of sp³-hybridized carbons (Fsp3) is 0.273. The third-order valence-electron chi connectivity index (χ3n) is 4.55. The number of anilines is 1. The molecule has 0 aliphatic carbocycles. The third-order valence-corrected chi connectivity index (χ3v) is 4.55. The van der Waals surface area contributed by atoms with Gasteiger partial charge in [0.2, 0.25) is 11.5 Å². The second-order valence-corrected chi connectivity index (χ2v) is 6.49. The number of para-hydroxylation sites is 2. The number of nitrogens with zero attached hydrogens (tertiary/aromatic N) is 1. The van der Waals surface area contributed by atoms with Gasteiger partial charge < -0.3 is 38.8 Å². The van der Waals surface area contributed by atoms with Crippen molar-refractivity contribution >= 4 is 28.8 Å². The molecular formula is C22H25IN2O3. The standard InChI is InChI=1S/C22H24N2O3.HI/c1-3-13-24-21(4-2)27-19-12-8-11-18(22(19)24)16(15-25)14-20(26)23-17-9-6-5-7-10-17;/h4-12,16,25H,2-3,13-15H2,1H3;1H. The molecule has 0 aliphatic rings. The van der Waals surface area contributed by atoms with Crippen molar-refractivity contribution < 1.29 is 42.9 Å². The Kier molecular flexibility index (Phi) is 8.19. The first-order valence-electron chi connectivity index (χ1n) is 9.21. The third kappa shape index (κ3) is 4.80. The van der Waals surface area contributed by atoms with Crippen molar-refractivity contribution in [2.24, 2.45) is 0 Å². The van der Waals surface area contributed by atoms with E-state index in [1.165, 1.54) is 0 Å². The zero-order chi connectivity index (χ0) is 19.2. The Morgan fingerprint density at radius 3 is 2.64 bits per heavy atom. The lowest BCUT2D eigenvalue weighted by Gasteiger charge is -2.14. The molecule has 1 aromatic heterocycles. The Bertz CT molecular complexity index is 938. The Labute approximate surface area is 182 Å². The van der Waals surface area contributed by atoms with Crippen LogP contribution in [0.5, 0.6) is 0 Å². The summed E-state index contributed by atoms with van der Waals surface area (Å²) in [6.07, 6.45) is 2.81. The molecule has 1 heterocycles. The lowest BCUT2D eigenvalue weighted by molar-refractivity contribution is -0.678. The number of aryl methyl sites for hydroxylation is 1. The topological polar surface area (TPSA) is 66.4 Å². The molecule has 28 heavy (non-hydrogen) atoms. The zero-order valence-electron chi connectivity index (χ0n) is 15.9. The normalized spacial score (nSPS) is 11.6. The highest BCUT2D eigenvalue weighted by Gasteiger charge is 2.27. The number of benzene rings is 2. The van der Waals surface area contributed by atoms with Crippen LogP contribution in [0.1, 0.15) is 37.1 Å². The van der Waals surface area contributed by atoms with Gasteiger partial charge in [-0.3, -0.25) is 4.79 Å². The van der Waals surface area contributed by atoms with Crippen LogP contribution < -0.4 is 33.9 Å². The molecule has 148 valence electrons. The summed E-state index contributed by atoms with van der Waals surface area (Å²) in [7, 11) is 0. The lowest BCUT2D eigenvalue weighted by atomic mass is 9.94. The highest BCUT2D eigenvalue weighted by atomic mass is 127. The molecule has 2 N–H and O–H groups in total. The van der Waals surface area contributed by atoms with Gasteiger partial charge in [0.15, 0.2) is 6.54 Å². The Hall–Kier alpha value is -2.19. The first kappa shape index (κ1) is 22.1. The lowest BCUT2D eigenvalue weighted by Crippen LogP contribution is -3.00. The number of nitrogens with one attached hydrogen (secondary N) is 1. The number of aromatic nitrogens is 1. The van der Waals surface area contributed by atoms with E-state index in [2.05, 4.69) is 23.4 Å². The molecule has 1 amide bonds. The average Bonchev–Trinajstić information content (AvgIpc) is 3.05. The number of amides is 1. The minimum Gasteiger partial charge on any atom is -1.00 e. The summed E-state index contributed by atoms with van der Waals surface area (Å²) in [6, 6.07) is 15.1. The van der Waals surface area contributed by atoms with Gasteiger partial charge in [-0.2, -0.15) is 4.57 Å². The van der Waals surface area contributed by atoms with Crippen molar-refractivity contribution in [1.82, 2.24) is 0 Å². The van der Waals surface area contributed by atoms with E-state index in [1.54, 1.807) is 6.08 Å². The number of aliphatic hydroxyl groups excluding tert-OH is 1.